The van der Waals surface area contributed by atoms with E-state index in [1.54, 1.807) is 6.20 Å². The average molecular weight is 482 g/mol. The summed E-state index contributed by atoms with van der Waals surface area (Å²) in [7, 11) is 1.93. The molecule has 0 saturated carbocycles. The number of carbonyl (C=O) groups is 1. The normalized spacial score (nSPS) is 16.5. The van der Waals surface area contributed by atoms with Crippen LogP contribution in [0.2, 0.25) is 0 Å². The Bertz CT molecular complexity index is 1500. The third kappa shape index (κ3) is 3.58. The molecule has 0 bridgehead atoms. The van der Waals surface area contributed by atoms with Crippen molar-refractivity contribution in [3.8, 4) is 22.4 Å². The van der Waals surface area contributed by atoms with Gasteiger partial charge in [0.2, 0.25) is 5.91 Å². The van der Waals surface area contributed by atoms with Gasteiger partial charge in [0.15, 0.2) is 0 Å². The van der Waals surface area contributed by atoms with E-state index < -0.39 is 0 Å². The molecule has 0 unspecified atom stereocenters. The van der Waals surface area contributed by atoms with Crippen molar-refractivity contribution >= 4 is 22.6 Å². The predicted molar refractivity (Wildman–Crippen MR) is 140 cm³/mol. The van der Waals surface area contributed by atoms with Gasteiger partial charge < -0.3 is 9.80 Å². The lowest BCUT2D eigenvalue weighted by molar-refractivity contribution is -0.136. The van der Waals surface area contributed by atoms with E-state index in [0.29, 0.717) is 0 Å². The van der Waals surface area contributed by atoms with Crippen LogP contribution in [0.4, 0.5) is 10.2 Å². The third-order valence-corrected chi connectivity index (χ3v) is 7.73. The van der Waals surface area contributed by atoms with E-state index in [-0.39, 0.29) is 17.1 Å². The van der Waals surface area contributed by atoms with E-state index >= 15 is 0 Å². The van der Waals surface area contributed by atoms with Crippen LogP contribution in [0.3, 0.4) is 0 Å². The van der Waals surface area contributed by atoms with Crippen LogP contribution in [0.25, 0.3) is 33.3 Å². The molecule has 7 heteroatoms. The monoisotopic (exact) mass is 481 g/mol. The topological polar surface area (TPSA) is 54.3 Å². The quantitative estimate of drug-likeness (QED) is 0.386. The van der Waals surface area contributed by atoms with Gasteiger partial charge in [-0.2, -0.15) is 5.10 Å². The molecule has 36 heavy (non-hydrogen) atoms. The molecule has 182 valence electrons. The van der Waals surface area contributed by atoms with Crippen molar-refractivity contribution in [1.82, 2.24) is 19.7 Å². The maximum absolute atomic E-state index is 13.8. The molecule has 2 saturated heterocycles. The van der Waals surface area contributed by atoms with Crippen molar-refractivity contribution in [2.45, 2.75) is 13.3 Å². The van der Waals surface area contributed by atoms with Gasteiger partial charge >= 0.3 is 0 Å². The molecule has 0 atom stereocenters. The maximum atomic E-state index is 13.8. The highest BCUT2D eigenvalue weighted by Crippen LogP contribution is 2.44. The van der Waals surface area contributed by atoms with Gasteiger partial charge in [-0.25, -0.2) is 9.37 Å². The molecule has 0 aliphatic carbocycles. The zero-order valence-electron chi connectivity index (χ0n) is 20.5. The SMILES string of the molecule is C=CC(=O)N1CC2(CCN(c3nc4cc(-c5ccnn5C)ccc4c(-c4ccc(F)cc4)c3C)C2)C1. The summed E-state index contributed by atoms with van der Waals surface area (Å²) in [5.74, 6) is 0.702. The third-order valence-electron chi connectivity index (χ3n) is 7.73. The Morgan fingerprint density at radius 3 is 2.53 bits per heavy atom. The number of amides is 1. The highest BCUT2D eigenvalue weighted by molar-refractivity contribution is 6.00. The predicted octanol–water partition coefficient (Wildman–Crippen LogP) is 4.97. The number of benzene rings is 2. The lowest BCUT2D eigenvalue weighted by atomic mass is 9.79. The number of anilines is 1. The molecule has 2 aliphatic heterocycles. The molecular formula is C29H28FN5O. The Labute approximate surface area is 209 Å². The lowest BCUT2D eigenvalue weighted by Crippen LogP contribution is -2.59. The van der Waals surface area contributed by atoms with E-state index in [2.05, 4.69) is 41.7 Å². The van der Waals surface area contributed by atoms with Crippen LogP contribution in [0.1, 0.15) is 12.0 Å². The molecule has 2 aromatic carbocycles. The highest BCUT2D eigenvalue weighted by Gasteiger charge is 2.49. The summed E-state index contributed by atoms with van der Waals surface area (Å²) >= 11 is 0. The first-order chi connectivity index (χ1) is 17.4. The zero-order valence-corrected chi connectivity index (χ0v) is 20.5. The van der Waals surface area contributed by atoms with Crippen LogP contribution < -0.4 is 4.90 Å². The fraction of sp³-hybridized carbons (Fsp3) is 0.276. The van der Waals surface area contributed by atoms with Crippen LogP contribution in [0, 0.1) is 18.2 Å². The zero-order chi connectivity index (χ0) is 25.0. The molecular weight excluding hydrogens is 453 g/mol. The molecule has 2 aliphatic rings. The minimum absolute atomic E-state index is 0.000348. The smallest absolute Gasteiger partial charge is 0.245 e. The van der Waals surface area contributed by atoms with Crippen molar-refractivity contribution in [3.63, 3.8) is 0 Å². The molecule has 6 nitrogen and oxygen atoms in total. The number of nitrogens with zero attached hydrogens (tertiary/aromatic N) is 5. The van der Waals surface area contributed by atoms with Crippen molar-refractivity contribution in [2.24, 2.45) is 12.5 Å². The Hall–Kier alpha value is -4.00. The van der Waals surface area contributed by atoms with Gasteiger partial charge in [-0.05, 0) is 54.8 Å². The lowest BCUT2D eigenvalue weighted by Gasteiger charge is -2.47. The number of pyridine rings is 1. The van der Waals surface area contributed by atoms with Gasteiger partial charge in [0.05, 0.1) is 11.2 Å². The van der Waals surface area contributed by atoms with E-state index in [1.807, 2.05) is 34.8 Å². The van der Waals surface area contributed by atoms with Gasteiger partial charge in [-0.3, -0.25) is 9.48 Å². The molecule has 4 aromatic rings. The first-order valence-corrected chi connectivity index (χ1v) is 12.2. The van der Waals surface area contributed by atoms with Gasteiger partial charge in [-0.15, -0.1) is 0 Å². The first-order valence-electron chi connectivity index (χ1n) is 12.2. The molecule has 1 spiro atoms. The number of hydrogen-bond donors (Lipinski definition) is 0. The van der Waals surface area contributed by atoms with E-state index in [0.717, 1.165) is 77.3 Å². The van der Waals surface area contributed by atoms with Crippen LogP contribution in [-0.4, -0.2) is 51.8 Å². The van der Waals surface area contributed by atoms with Gasteiger partial charge in [0.25, 0.3) is 0 Å². The van der Waals surface area contributed by atoms with Crippen molar-refractivity contribution in [3.05, 3.63) is 78.8 Å². The number of aromatic nitrogens is 3. The van der Waals surface area contributed by atoms with E-state index in [1.165, 1.54) is 18.2 Å². The van der Waals surface area contributed by atoms with E-state index in [4.69, 9.17) is 4.98 Å². The van der Waals surface area contributed by atoms with Crippen molar-refractivity contribution in [2.75, 3.05) is 31.1 Å². The summed E-state index contributed by atoms with van der Waals surface area (Å²) in [4.78, 5) is 21.4. The molecule has 0 radical (unpaired) electrons. The summed E-state index contributed by atoms with van der Waals surface area (Å²) in [5, 5.41) is 5.35. The standard InChI is InChI=1S/C29H28FN5O/c1-4-26(36)35-17-29(18-35)12-14-34(16-29)28-19(2)27(20-5-8-22(30)9-6-20)23-10-7-21(15-24(23)32-28)25-11-13-31-33(25)3/h4-11,13,15H,1,12,14,16-18H2,2-3H3. The van der Waals surface area contributed by atoms with E-state index in [9.17, 15) is 9.18 Å². The average Bonchev–Trinajstić information content (AvgIpc) is 3.50. The van der Waals surface area contributed by atoms with Crippen LogP contribution in [0.15, 0.2) is 67.4 Å². The maximum Gasteiger partial charge on any atom is 0.245 e. The number of halogens is 1. The molecule has 2 aromatic heterocycles. The summed E-state index contributed by atoms with van der Waals surface area (Å²) < 4.78 is 15.6. The molecule has 2 fully saturated rings. The Morgan fingerprint density at radius 2 is 1.83 bits per heavy atom. The number of fused-ring (bicyclic) bond motifs is 1. The van der Waals surface area contributed by atoms with Crippen molar-refractivity contribution < 1.29 is 9.18 Å². The summed E-state index contributed by atoms with van der Waals surface area (Å²) in [6.07, 6.45) is 4.21. The highest BCUT2D eigenvalue weighted by atomic mass is 19.1. The Balaban J connectivity index is 1.45. The molecule has 1 amide bonds. The van der Waals surface area contributed by atoms with Crippen molar-refractivity contribution in [1.29, 1.82) is 0 Å². The second-order valence-corrected chi connectivity index (χ2v) is 10.1. The Morgan fingerprint density at radius 1 is 1.08 bits per heavy atom. The van der Waals surface area contributed by atoms with Gasteiger partial charge in [0.1, 0.15) is 11.6 Å². The fourth-order valence-corrected chi connectivity index (χ4v) is 5.88. The Kier molecular flexibility index (Phi) is 5.18. The largest absolute Gasteiger partial charge is 0.356 e. The second-order valence-electron chi connectivity index (χ2n) is 10.1. The van der Waals surface area contributed by atoms with Crippen LogP contribution in [0.5, 0.6) is 0 Å². The number of aryl methyl sites for hydroxylation is 1. The number of likely N-dealkylation sites (tertiary alicyclic amines) is 1. The minimum Gasteiger partial charge on any atom is -0.356 e. The molecule has 0 N–H and O–H groups in total. The van der Waals surface area contributed by atoms with Crippen LogP contribution >= 0.6 is 0 Å². The molecule has 6 rings (SSSR count). The summed E-state index contributed by atoms with van der Waals surface area (Å²) in [6.45, 7) is 8.99. The van der Waals surface area contributed by atoms with Crippen LogP contribution in [-0.2, 0) is 11.8 Å². The van der Waals surface area contributed by atoms with Gasteiger partial charge in [-0.1, -0.05) is 30.8 Å². The minimum atomic E-state index is -0.251. The second kappa shape index (κ2) is 8.29. The number of carbonyl (C=O) groups excluding carboxylic acids is 1. The summed E-state index contributed by atoms with van der Waals surface area (Å²) in [5.41, 5.74) is 6.19. The first kappa shape index (κ1) is 22.5. The number of hydrogen-bond acceptors (Lipinski definition) is 4. The van der Waals surface area contributed by atoms with Gasteiger partial charge in [0, 0.05) is 61.4 Å². The number of rotatable bonds is 4. The fourth-order valence-electron chi connectivity index (χ4n) is 5.88. The summed E-state index contributed by atoms with van der Waals surface area (Å²) in [6, 6.07) is 15.0. The molecule has 4 heterocycles.